The third-order valence-electron chi connectivity index (χ3n) is 4.05. The van der Waals surface area contributed by atoms with Crippen LogP contribution >= 0.6 is 34.0 Å². The van der Waals surface area contributed by atoms with E-state index in [1.54, 1.807) is 0 Å². The zero-order valence-corrected chi connectivity index (χ0v) is 16.4. The Hall–Kier alpha value is -1.68. The first-order chi connectivity index (χ1) is 11.6. The summed E-state index contributed by atoms with van der Waals surface area (Å²) in [6, 6.07) is 18.0. The van der Waals surface area contributed by atoms with Crippen LogP contribution in [0, 0.1) is 20.8 Å². The van der Waals surface area contributed by atoms with E-state index >= 15 is 0 Å². The largest absolute Gasteiger partial charge is 0.149 e. The second kappa shape index (κ2) is 6.32. The van der Waals surface area contributed by atoms with Crippen molar-refractivity contribution >= 4 is 34.0 Å². The molecule has 0 saturated heterocycles. The highest BCUT2D eigenvalue weighted by Gasteiger charge is 2.13. The van der Waals surface area contributed by atoms with Gasteiger partial charge in [0.25, 0.3) is 0 Å². The van der Waals surface area contributed by atoms with Gasteiger partial charge >= 0.3 is 0 Å². The molecule has 0 aliphatic carbocycles. The van der Waals surface area contributed by atoms with E-state index in [2.05, 4.69) is 74.7 Å². The minimum atomic E-state index is 1.31. The molecular weight excluding hydrogens is 348 g/mol. The number of hydrogen-bond acceptors (Lipinski definition) is 3. The Bertz CT molecular complexity index is 998. The molecule has 120 valence electrons. The predicted octanol–water partition coefficient (Wildman–Crippen LogP) is 7.80. The van der Waals surface area contributed by atoms with E-state index in [-0.39, 0.29) is 0 Å². The van der Waals surface area contributed by atoms with E-state index < -0.39 is 0 Å². The highest BCUT2D eigenvalue weighted by molar-refractivity contribution is 7.16. The molecular formula is C21H18S3. The average molecular weight is 367 g/mol. The van der Waals surface area contributed by atoms with Crippen molar-refractivity contribution < 1.29 is 0 Å². The van der Waals surface area contributed by atoms with Gasteiger partial charge in [-0.05, 0) is 73.2 Å². The lowest BCUT2D eigenvalue weighted by atomic mass is 10.0. The van der Waals surface area contributed by atoms with Crippen LogP contribution in [0.2, 0.25) is 0 Å². The predicted molar refractivity (Wildman–Crippen MR) is 111 cm³/mol. The fraction of sp³-hybridized carbons (Fsp3) is 0.143. The van der Waals surface area contributed by atoms with Gasteiger partial charge in [-0.15, -0.1) is 34.0 Å². The molecule has 0 saturated carbocycles. The molecule has 0 aliphatic rings. The van der Waals surface area contributed by atoms with Crippen LogP contribution in [0.15, 0.2) is 53.9 Å². The van der Waals surface area contributed by atoms with Crippen LogP contribution in [0.4, 0.5) is 0 Å². The van der Waals surface area contributed by atoms with Crippen molar-refractivity contribution in [1.29, 1.82) is 0 Å². The highest BCUT2D eigenvalue weighted by Crippen LogP contribution is 2.41. The summed E-state index contributed by atoms with van der Waals surface area (Å²) in [6.45, 7) is 6.54. The zero-order valence-electron chi connectivity index (χ0n) is 13.9. The first-order valence-corrected chi connectivity index (χ1v) is 10.4. The van der Waals surface area contributed by atoms with Crippen molar-refractivity contribution in [2.45, 2.75) is 20.8 Å². The van der Waals surface area contributed by atoms with Crippen molar-refractivity contribution in [3.05, 3.63) is 68.5 Å². The van der Waals surface area contributed by atoms with Crippen LogP contribution in [0.1, 0.15) is 14.6 Å². The molecule has 24 heavy (non-hydrogen) atoms. The fourth-order valence-electron chi connectivity index (χ4n) is 2.93. The Labute approximate surface area is 155 Å². The molecule has 4 aromatic rings. The first kappa shape index (κ1) is 15.8. The SMILES string of the molecule is Cc1cc(-c2cc(C)sc2-c2cccc(-c3ccc(C)s3)c2)cs1. The zero-order chi connectivity index (χ0) is 16.7. The van der Waals surface area contributed by atoms with Gasteiger partial charge in [-0.1, -0.05) is 18.2 Å². The minimum Gasteiger partial charge on any atom is -0.149 e. The number of rotatable bonds is 3. The Balaban J connectivity index is 1.82. The van der Waals surface area contributed by atoms with Gasteiger partial charge < -0.3 is 0 Å². The molecule has 0 atom stereocenters. The fourth-order valence-corrected chi connectivity index (χ4v) is 5.53. The van der Waals surface area contributed by atoms with Crippen LogP contribution in [-0.2, 0) is 0 Å². The summed E-state index contributed by atoms with van der Waals surface area (Å²) in [4.78, 5) is 6.80. The van der Waals surface area contributed by atoms with Crippen LogP contribution in [-0.4, -0.2) is 0 Å². The lowest BCUT2D eigenvalue weighted by Crippen LogP contribution is -1.79. The molecule has 0 fully saturated rings. The molecule has 0 unspecified atom stereocenters. The maximum absolute atomic E-state index is 2.33. The topological polar surface area (TPSA) is 0 Å². The third-order valence-corrected chi connectivity index (χ3v) is 7.06. The quantitative estimate of drug-likeness (QED) is 0.347. The van der Waals surface area contributed by atoms with E-state index in [9.17, 15) is 0 Å². The summed E-state index contributed by atoms with van der Waals surface area (Å²) in [5, 5.41) is 2.27. The van der Waals surface area contributed by atoms with E-state index in [0.717, 1.165) is 0 Å². The molecule has 0 amide bonds. The second-order valence-corrected chi connectivity index (χ2v) is 9.70. The third kappa shape index (κ3) is 3.00. The summed E-state index contributed by atoms with van der Waals surface area (Å²) in [7, 11) is 0. The maximum atomic E-state index is 2.33. The Morgan fingerprint density at radius 3 is 2.21 bits per heavy atom. The van der Waals surface area contributed by atoms with Crippen molar-refractivity contribution in [2.24, 2.45) is 0 Å². The van der Waals surface area contributed by atoms with Crippen molar-refractivity contribution in [3.8, 4) is 32.0 Å². The summed E-state index contributed by atoms with van der Waals surface area (Å²) in [5.41, 5.74) is 5.33. The molecule has 0 nitrogen and oxygen atoms in total. The molecule has 0 radical (unpaired) electrons. The van der Waals surface area contributed by atoms with E-state index in [4.69, 9.17) is 0 Å². The molecule has 3 aromatic heterocycles. The van der Waals surface area contributed by atoms with Gasteiger partial charge in [-0.25, -0.2) is 0 Å². The lowest BCUT2D eigenvalue weighted by Gasteiger charge is -2.05. The molecule has 1 aromatic carbocycles. The lowest BCUT2D eigenvalue weighted by molar-refractivity contribution is 1.61. The Morgan fingerprint density at radius 2 is 1.50 bits per heavy atom. The number of hydrogen-bond donors (Lipinski definition) is 0. The van der Waals surface area contributed by atoms with Gasteiger partial charge in [0.1, 0.15) is 0 Å². The number of benzene rings is 1. The van der Waals surface area contributed by atoms with Crippen LogP contribution < -0.4 is 0 Å². The van der Waals surface area contributed by atoms with Crippen molar-refractivity contribution in [3.63, 3.8) is 0 Å². The monoisotopic (exact) mass is 366 g/mol. The van der Waals surface area contributed by atoms with Gasteiger partial charge in [0, 0.05) is 29.9 Å². The van der Waals surface area contributed by atoms with Crippen molar-refractivity contribution in [1.82, 2.24) is 0 Å². The number of aryl methyl sites for hydroxylation is 3. The van der Waals surface area contributed by atoms with Crippen LogP contribution in [0.3, 0.4) is 0 Å². The Morgan fingerprint density at radius 1 is 0.667 bits per heavy atom. The van der Waals surface area contributed by atoms with E-state index in [1.807, 2.05) is 34.0 Å². The van der Waals surface area contributed by atoms with Gasteiger partial charge in [0.05, 0.1) is 0 Å². The normalized spacial score (nSPS) is 11.1. The summed E-state index contributed by atoms with van der Waals surface area (Å²) in [5.74, 6) is 0. The molecule has 3 heterocycles. The standard InChI is InChI=1S/C21H18S3/c1-13-7-8-20(23-13)16-5-4-6-17(11-16)21-19(10-15(3)24-21)18-9-14(2)22-12-18/h4-12H,1-3H3. The molecule has 4 rings (SSSR count). The number of thiophene rings is 3. The van der Waals surface area contributed by atoms with Gasteiger partial charge in [-0.2, -0.15) is 0 Å². The summed E-state index contributed by atoms with van der Waals surface area (Å²) < 4.78 is 0. The minimum absolute atomic E-state index is 1.31. The average Bonchev–Trinajstić information content (AvgIpc) is 3.27. The van der Waals surface area contributed by atoms with Crippen LogP contribution in [0.5, 0.6) is 0 Å². The summed E-state index contributed by atoms with van der Waals surface area (Å²) in [6.07, 6.45) is 0. The first-order valence-electron chi connectivity index (χ1n) is 7.93. The summed E-state index contributed by atoms with van der Waals surface area (Å²) >= 11 is 5.57. The van der Waals surface area contributed by atoms with Gasteiger partial charge in [0.2, 0.25) is 0 Å². The molecule has 0 spiro atoms. The van der Waals surface area contributed by atoms with Gasteiger partial charge in [0.15, 0.2) is 0 Å². The maximum Gasteiger partial charge on any atom is 0.0424 e. The Kier molecular flexibility index (Phi) is 4.17. The van der Waals surface area contributed by atoms with E-state index in [1.165, 1.54) is 46.6 Å². The van der Waals surface area contributed by atoms with Gasteiger partial charge in [-0.3, -0.25) is 0 Å². The van der Waals surface area contributed by atoms with Crippen molar-refractivity contribution in [2.75, 3.05) is 0 Å². The molecule has 3 heteroatoms. The molecule has 0 aliphatic heterocycles. The van der Waals surface area contributed by atoms with Crippen LogP contribution in [0.25, 0.3) is 32.0 Å². The second-order valence-electron chi connectivity index (χ2n) is 6.04. The smallest absolute Gasteiger partial charge is 0.0424 e. The van der Waals surface area contributed by atoms with E-state index in [0.29, 0.717) is 0 Å². The highest BCUT2D eigenvalue weighted by atomic mass is 32.1. The molecule has 0 bridgehead atoms. The molecule has 0 N–H and O–H groups in total.